The Labute approximate surface area is 188 Å². The van der Waals surface area contributed by atoms with Crippen LogP contribution in [0.25, 0.3) is 0 Å². The Morgan fingerprint density at radius 3 is 1.59 bits per heavy atom. The number of hydrogen-bond acceptors (Lipinski definition) is 4. The molecule has 6 heteroatoms. The first-order valence-electron chi connectivity index (χ1n) is 10.7. The molecule has 0 spiro atoms. The summed E-state index contributed by atoms with van der Waals surface area (Å²) >= 11 is 0. The second kappa shape index (κ2) is 22.2. The molecule has 27 heavy (non-hydrogen) atoms. The van der Waals surface area contributed by atoms with E-state index in [2.05, 4.69) is 12.2 Å². The minimum Gasteiger partial charge on any atom is -0.548 e. The third kappa shape index (κ3) is 22.1. The van der Waals surface area contributed by atoms with Gasteiger partial charge in [-0.3, -0.25) is 4.79 Å². The van der Waals surface area contributed by atoms with Crippen molar-refractivity contribution in [2.24, 2.45) is 0 Å². The Balaban J connectivity index is 0. The Hall–Kier alpha value is -0.100. The van der Waals surface area contributed by atoms with Crippen molar-refractivity contribution in [3.63, 3.8) is 0 Å². The summed E-state index contributed by atoms with van der Waals surface area (Å²) in [5.74, 6) is -2.19. The number of carbonyl (C=O) groups is 2. The largest absolute Gasteiger partial charge is 1.00 e. The van der Waals surface area contributed by atoms with Crippen LogP contribution < -0.4 is 40.0 Å². The maximum Gasteiger partial charge on any atom is 1.00 e. The Kier molecular flexibility index (Phi) is 23.9. The standard InChI is InChI=1S/C21H41NO4.Na/c1-2-3-4-5-6-7-8-9-10-11-12-13-14-15-18-22-19(21(25)26)16-17-20(23)24;/h19,22H,2-18H2,1H3,(H,23,24)(H,25,26);/q;+1/p-1/t19-;/m0./s1. The number of carboxylic acid groups (broad SMARTS) is 2. The van der Waals surface area contributed by atoms with E-state index in [4.69, 9.17) is 5.11 Å². The Morgan fingerprint density at radius 2 is 1.22 bits per heavy atom. The van der Waals surface area contributed by atoms with Crippen molar-refractivity contribution in [1.82, 2.24) is 5.32 Å². The van der Waals surface area contributed by atoms with Crippen molar-refractivity contribution < 1.29 is 49.4 Å². The molecule has 0 fully saturated rings. The van der Waals surface area contributed by atoms with Crippen LogP contribution in [-0.4, -0.2) is 29.6 Å². The maximum absolute atomic E-state index is 10.9. The van der Waals surface area contributed by atoms with Crippen LogP contribution in [-0.2, 0) is 9.59 Å². The molecule has 0 aliphatic rings. The summed E-state index contributed by atoms with van der Waals surface area (Å²) in [4.78, 5) is 21.4. The molecule has 0 radical (unpaired) electrons. The maximum atomic E-state index is 10.9. The molecule has 0 amide bonds. The first-order valence-corrected chi connectivity index (χ1v) is 10.7. The second-order valence-corrected chi connectivity index (χ2v) is 7.35. The van der Waals surface area contributed by atoms with Crippen LogP contribution in [0, 0.1) is 0 Å². The zero-order chi connectivity index (χ0) is 19.5. The van der Waals surface area contributed by atoms with E-state index in [9.17, 15) is 14.7 Å². The van der Waals surface area contributed by atoms with Crippen molar-refractivity contribution >= 4 is 11.9 Å². The fraction of sp³-hybridized carbons (Fsp3) is 0.905. The molecular formula is C21H40NNaO4. The number of unbranched alkanes of at least 4 members (excludes halogenated alkanes) is 13. The van der Waals surface area contributed by atoms with E-state index >= 15 is 0 Å². The molecule has 1 atom stereocenters. The van der Waals surface area contributed by atoms with Gasteiger partial charge in [0.1, 0.15) is 0 Å². The summed E-state index contributed by atoms with van der Waals surface area (Å²) in [5.41, 5.74) is 0. The molecule has 0 aromatic heterocycles. The van der Waals surface area contributed by atoms with Gasteiger partial charge in [-0.15, -0.1) is 0 Å². The number of aliphatic carboxylic acids is 2. The van der Waals surface area contributed by atoms with Gasteiger partial charge >= 0.3 is 35.5 Å². The summed E-state index contributed by atoms with van der Waals surface area (Å²) in [5, 5.41) is 22.4. The zero-order valence-corrected chi connectivity index (χ0v) is 19.8. The van der Waals surface area contributed by atoms with Crippen LogP contribution in [0.2, 0.25) is 0 Å². The van der Waals surface area contributed by atoms with Gasteiger partial charge in [-0.2, -0.15) is 0 Å². The van der Waals surface area contributed by atoms with E-state index < -0.39 is 18.0 Å². The quantitative estimate of drug-likeness (QED) is 0.238. The molecule has 0 saturated heterocycles. The third-order valence-corrected chi connectivity index (χ3v) is 4.85. The number of carbonyl (C=O) groups excluding carboxylic acids is 1. The zero-order valence-electron chi connectivity index (χ0n) is 17.8. The van der Waals surface area contributed by atoms with Gasteiger partial charge in [0.25, 0.3) is 0 Å². The van der Waals surface area contributed by atoms with Crippen LogP contribution in [0.4, 0.5) is 0 Å². The number of nitrogens with one attached hydrogen (secondary N) is 1. The van der Waals surface area contributed by atoms with Gasteiger partial charge in [0.2, 0.25) is 0 Å². The van der Waals surface area contributed by atoms with Crippen molar-refractivity contribution in [2.45, 2.75) is 116 Å². The Bertz CT molecular complexity index is 353. The van der Waals surface area contributed by atoms with Crippen molar-refractivity contribution in [3.8, 4) is 0 Å². The van der Waals surface area contributed by atoms with E-state index in [0.29, 0.717) is 6.54 Å². The van der Waals surface area contributed by atoms with Crippen molar-refractivity contribution in [3.05, 3.63) is 0 Å². The molecule has 0 aromatic rings. The summed E-state index contributed by atoms with van der Waals surface area (Å²) in [6.07, 6.45) is 18.0. The average molecular weight is 394 g/mol. The monoisotopic (exact) mass is 393 g/mol. The van der Waals surface area contributed by atoms with Gasteiger partial charge in [-0.05, 0) is 19.4 Å². The van der Waals surface area contributed by atoms with E-state index in [0.717, 1.165) is 12.8 Å². The number of hydrogen-bond donors (Lipinski definition) is 2. The van der Waals surface area contributed by atoms with Crippen LogP contribution >= 0.6 is 0 Å². The minimum atomic E-state index is -1.21. The molecule has 0 aliphatic carbocycles. The molecule has 0 aromatic carbocycles. The fourth-order valence-electron chi connectivity index (χ4n) is 3.17. The SMILES string of the molecule is CCCCCCCCCCCCCCCCN[C@@H](CCC(=O)O)C(=O)[O-].[Na+]. The molecule has 5 nitrogen and oxygen atoms in total. The molecule has 0 unspecified atom stereocenters. The van der Waals surface area contributed by atoms with Gasteiger partial charge < -0.3 is 20.3 Å². The molecular weight excluding hydrogens is 353 g/mol. The molecule has 0 bridgehead atoms. The first kappa shape index (κ1) is 29.1. The van der Waals surface area contributed by atoms with Gasteiger partial charge in [-0.25, -0.2) is 0 Å². The van der Waals surface area contributed by atoms with Gasteiger partial charge in [-0.1, -0.05) is 90.4 Å². The molecule has 154 valence electrons. The molecule has 0 aliphatic heterocycles. The summed E-state index contributed by atoms with van der Waals surface area (Å²) < 4.78 is 0. The third-order valence-electron chi connectivity index (χ3n) is 4.85. The molecule has 0 saturated carbocycles. The van der Waals surface area contributed by atoms with E-state index in [1.807, 2.05) is 0 Å². The summed E-state index contributed by atoms with van der Waals surface area (Å²) in [6, 6.07) is -0.854. The minimum absolute atomic E-state index is 0. The second-order valence-electron chi connectivity index (χ2n) is 7.35. The normalized spacial score (nSPS) is 11.7. The van der Waals surface area contributed by atoms with Crippen molar-refractivity contribution in [1.29, 1.82) is 0 Å². The molecule has 0 rings (SSSR count). The summed E-state index contributed by atoms with van der Waals surface area (Å²) in [7, 11) is 0. The summed E-state index contributed by atoms with van der Waals surface area (Å²) in [6.45, 7) is 2.86. The van der Waals surface area contributed by atoms with Crippen LogP contribution in [0.5, 0.6) is 0 Å². The van der Waals surface area contributed by atoms with E-state index in [1.54, 1.807) is 0 Å². The van der Waals surface area contributed by atoms with Gasteiger partial charge in [0.05, 0.1) is 5.97 Å². The predicted octanol–water partition coefficient (Wildman–Crippen LogP) is 1.04. The smallest absolute Gasteiger partial charge is 0.548 e. The Morgan fingerprint density at radius 1 is 0.815 bits per heavy atom. The van der Waals surface area contributed by atoms with E-state index in [-0.39, 0.29) is 42.4 Å². The predicted molar refractivity (Wildman–Crippen MR) is 104 cm³/mol. The topological polar surface area (TPSA) is 89.5 Å². The molecule has 0 heterocycles. The molecule has 2 N–H and O–H groups in total. The average Bonchev–Trinajstić information content (AvgIpc) is 2.60. The van der Waals surface area contributed by atoms with Crippen LogP contribution in [0.1, 0.15) is 110 Å². The van der Waals surface area contributed by atoms with Crippen LogP contribution in [0.15, 0.2) is 0 Å². The number of rotatable bonds is 20. The first-order chi connectivity index (χ1) is 12.6. The van der Waals surface area contributed by atoms with Gasteiger partial charge in [0.15, 0.2) is 0 Å². The van der Waals surface area contributed by atoms with Gasteiger partial charge in [0, 0.05) is 12.5 Å². The van der Waals surface area contributed by atoms with Crippen LogP contribution in [0.3, 0.4) is 0 Å². The fourth-order valence-corrected chi connectivity index (χ4v) is 3.17. The van der Waals surface area contributed by atoms with E-state index in [1.165, 1.54) is 77.0 Å². The van der Waals surface area contributed by atoms with Crippen molar-refractivity contribution in [2.75, 3.05) is 6.54 Å². The number of carboxylic acids is 2.